The van der Waals surface area contributed by atoms with Gasteiger partial charge in [0.1, 0.15) is 12.0 Å². The number of nitrogen functional groups attached to an aromatic ring is 1. The zero-order valence-corrected chi connectivity index (χ0v) is 14.0. The highest BCUT2D eigenvalue weighted by Gasteiger charge is 2.12. The monoisotopic (exact) mass is 336 g/mol. The highest BCUT2D eigenvalue weighted by atomic mass is 16.5. The van der Waals surface area contributed by atoms with Crippen molar-refractivity contribution < 1.29 is 9.47 Å². The lowest BCUT2D eigenvalue weighted by molar-refractivity contribution is 0.374. The molecule has 3 aromatic rings. The van der Waals surface area contributed by atoms with E-state index < -0.39 is 0 Å². The van der Waals surface area contributed by atoms with E-state index in [1.165, 1.54) is 11.9 Å². The molecule has 6 heteroatoms. The number of nitrogens with one attached hydrogen (secondary N) is 1. The number of aromatic nitrogens is 2. The first-order valence-electron chi connectivity index (χ1n) is 7.97. The molecule has 0 aliphatic carbocycles. The van der Waals surface area contributed by atoms with Gasteiger partial charge in [-0.25, -0.2) is 4.98 Å². The van der Waals surface area contributed by atoms with E-state index >= 15 is 0 Å². The van der Waals surface area contributed by atoms with Gasteiger partial charge in [0.05, 0.1) is 7.11 Å². The van der Waals surface area contributed by atoms with Crippen LogP contribution >= 0.6 is 0 Å². The number of rotatable bonds is 7. The van der Waals surface area contributed by atoms with Crippen LogP contribution in [-0.2, 0) is 6.42 Å². The van der Waals surface area contributed by atoms with Crippen molar-refractivity contribution >= 4 is 11.5 Å². The van der Waals surface area contributed by atoms with Gasteiger partial charge in [-0.05, 0) is 24.1 Å². The summed E-state index contributed by atoms with van der Waals surface area (Å²) >= 11 is 0. The topological polar surface area (TPSA) is 82.3 Å². The van der Waals surface area contributed by atoms with Crippen LogP contribution in [0.1, 0.15) is 5.56 Å². The Morgan fingerprint density at radius 2 is 1.68 bits per heavy atom. The van der Waals surface area contributed by atoms with E-state index in [2.05, 4.69) is 27.4 Å². The van der Waals surface area contributed by atoms with Crippen LogP contribution in [0.15, 0.2) is 60.9 Å². The van der Waals surface area contributed by atoms with Crippen molar-refractivity contribution in [3.05, 3.63) is 66.5 Å². The Morgan fingerprint density at radius 3 is 2.44 bits per heavy atom. The second-order valence-corrected chi connectivity index (χ2v) is 5.36. The number of anilines is 2. The molecule has 0 radical (unpaired) electrons. The van der Waals surface area contributed by atoms with Crippen molar-refractivity contribution in [3.63, 3.8) is 0 Å². The van der Waals surface area contributed by atoms with Crippen LogP contribution in [0.2, 0.25) is 0 Å². The average Bonchev–Trinajstić information content (AvgIpc) is 2.66. The van der Waals surface area contributed by atoms with Crippen molar-refractivity contribution in [2.24, 2.45) is 0 Å². The first-order valence-corrected chi connectivity index (χ1v) is 7.97. The summed E-state index contributed by atoms with van der Waals surface area (Å²) in [7, 11) is 1.59. The van der Waals surface area contributed by atoms with Crippen molar-refractivity contribution in [3.8, 4) is 17.4 Å². The zero-order chi connectivity index (χ0) is 17.5. The van der Waals surface area contributed by atoms with Gasteiger partial charge in [-0.1, -0.05) is 42.5 Å². The summed E-state index contributed by atoms with van der Waals surface area (Å²) in [6, 6.07) is 17.5. The molecular weight excluding hydrogens is 316 g/mol. The smallest absolute Gasteiger partial charge is 0.248 e. The second-order valence-electron chi connectivity index (χ2n) is 5.36. The summed E-state index contributed by atoms with van der Waals surface area (Å²) in [6.45, 7) is 0.708. The van der Waals surface area contributed by atoms with Gasteiger partial charge in [-0.15, -0.1) is 0 Å². The number of benzene rings is 2. The fourth-order valence-corrected chi connectivity index (χ4v) is 2.38. The Balaban J connectivity index is 1.69. The predicted octanol–water partition coefficient (Wildman–Crippen LogP) is 3.51. The standard InChI is InChI=1S/C19H20N4O2/c1-24-15-9-5-6-10-16(15)25-19-17(20)18(22-13-23-19)21-12-11-14-7-3-2-4-8-14/h2-10,13H,11-12,20H2,1H3,(H,21,22,23). The van der Waals surface area contributed by atoms with Gasteiger partial charge in [0.15, 0.2) is 17.3 Å². The van der Waals surface area contributed by atoms with E-state index in [0.717, 1.165) is 6.42 Å². The average molecular weight is 336 g/mol. The minimum atomic E-state index is 0.293. The lowest BCUT2D eigenvalue weighted by Crippen LogP contribution is -2.10. The molecule has 0 aliphatic rings. The summed E-state index contributed by atoms with van der Waals surface area (Å²) in [5, 5.41) is 3.23. The molecule has 0 aliphatic heterocycles. The molecule has 0 unspecified atom stereocenters. The number of hydrogen-bond acceptors (Lipinski definition) is 6. The Morgan fingerprint density at radius 1 is 0.960 bits per heavy atom. The van der Waals surface area contributed by atoms with E-state index in [0.29, 0.717) is 35.4 Å². The van der Waals surface area contributed by atoms with Gasteiger partial charge >= 0.3 is 0 Å². The first kappa shape index (κ1) is 16.6. The Hall–Kier alpha value is -3.28. The lowest BCUT2D eigenvalue weighted by Gasteiger charge is -2.13. The van der Waals surface area contributed by atoms with Crippen molar-refractivity contribution in [1.29, 1.82) is 0 Å². The summed E-state index contributed by atoms with van der Waals surface area (Å²) in [4.78, 5) is 8.32. The fraction of sp³-hybridized carbons (Fsp3) is 0.158. The zero-order valence-electron chi connectivity index (χ0n) is 14.0. The van der Waals surface area contributed by atoms with Gasteiger partial charge in [-0.3, -0.25) is 0 Å². The number of ether oxygens (including phenoxy) is 2. The molecule has 3 N–H and O–H groups in total. The van der Waals surface area contributed by atoms with Crippen LogP contribution in [0.5, 0.6) is 17.4 Å². The first-order chi connectivity index (χ1) is 12.3. The van der Waals surface area contributed by atoms with Gasteiger partial charge in [0.25, 0.3) is 0 Å². The van der Waals surface area contributed by atoms with Gasteiger partial charge in [0, 0.05) is 6.54 Å². The number of nitrogens with two attached hydrogens (primary N) is 1. The maximum atomic E-state index is 6.15. The van der Waals surface area contributed by atoms with Crippen LogP contribution in [0.4, 0.5) is 11.5 Å². The quantitative estimate of drug-likeness (QED) is 0.687. The molecule has 0 fully saturated rings. The van der Waals surface area contributed by atoms with Gasteiger partial charge < -0.3 is 20.5 Å². The third-order valence-corrected chi connectivity index (χ3v) is 3.67. The second kappa shape index (κ2) is 8.01. The van der Waals surface area contributed by atoms with Crippen molar-refractivity contribution in [2.75, 3.05) is 24.7 Å². The minimum absolute atomic E-state index is 0.293. The molecule has 25 heavy (non-hydrogen) atoms. The Labute approximate surface area is 146 Å². The minimum Gasteiger partial charge on any atom is -0.493 e. The highest BCUT2D eigenvalue weighted by molar-refractivity contribution is 5.67. The SMILES string of the molecule is COc1ccccc1Oc1ncnc(NCCc2ccccc2)c1N. The third-order valence-electron chi connectivity index (χ3n) is 3.67. The maximum absolute atomic E-state index is 6.15. The van der Waals surface area contributed by atoms with E-state index in [-0.39, 0.29) is 0 Å². The van der Waals surface area contributed by atoms with E-state index in [4.69, 9.17) is 15.2 Å². The highest BCUT2D eigenvalue weighted by Crippen LogP contribution is 2.34. The molecule has 0 spiro atoms. The van der Waals surface area contributed by atoms with Crippen LogP contribution in [-0.4, -0.2) is 23.6 Å². The summed E-state index contributed by atoms with van der Waals surface area (Å²) in [5.74, 6) is 2.00. The molecule has 0 bridgehead atoms. The van der Waals surface area contributed by atoms with Crippen LogP contribution < -0.4 is 20.5 Å². The molecule has 128 valence electrons. The van der Waals surface area contributed by atoms with Crippen molar-refractivity contribution in [1.82, 2.24) is 9.97 Å². The van der Waals surface area contributed by atoms with E-state index in [9.17, 15) is 0 Å². The third kappa shape index (κ3) is 4.17. The maximum Gasteiger partial charge on any atom is 0.248 e. The fourth-order valence-electron chi connectivity index (χ4n) is 2.38. The molecule has 0 saturated carbocycles. The molecule has 3 rings (SSSR count). The van der Waals surface area contributed by atoms with Crippen LogP contribution in [0.25, 0.3) is 0 Å². The molecule has 0 saturated heterocycles. The molecule has 1 aromatic heterocycles. The van der Waals surface area contributed by atoms with Crippen molar-refractivity contribution in [2.45, 2.75) is 6.42 Å². The summed E-state index contributed by atoms with van der Waals surface area (Å²) < 4.78 is 11.1. The lowest BCUT2D eigenvalue weighted by atomic mass is 10.1. The summed E-state index contributed by atoms with van der Waals surface area (Å²) in [6.07, 6.45) is 2.29. The number of nitrogens with zero attached hydrogens (tertiary/aromatic N) is 2. The van der Waals surface area contributed by atoms with E-state index in [1.54, 1.807) is 13.2 Å². The number of para-hydroxylation sites is 2. The van der Waals surface area contributed by atoms with E-state index in [1.807, 2.05) is 36.4 Å². The molecule has 1 heterocycles. The largest absolute Gasteiger partial charge is 0.493 e. The molecular formula is C19H20N4O2. The normalized spacial score (nSPS) is 10.3. The number of methoxy groups -OCH3 is 1. The number of hydrogen-bond donors (Lipinski definition) is 2. The Kier molecular flexibility index (Phi) is 5.31. The predicted molar refractivity (Wildman–Crippen MR) is 98.1 cm³/mol. The van der Waals surface area contributed by atoms with Crippen LogP contribution in [0, 0.1) is 0 Å². The molecule has 0 atom stereocenters. The summed E-state index contributed by atoms with van der Waals surface area (Å²) in [5.41, 5.74) is 7.75. The van der Waals surface area contributed by atoms with Gasteiger partial charge in [-0.2, -0.15) is 4.98 Å². The van der Waals surface area contributed by atoms with Crippen LogP contribution in [0.3, 0.4) is 0 Å². The molecule has 6 nitrogen and oxygen atoms in total. The molecule has 0 amide bonds. The Bertz CT molecular complexity index is 825. The van der Waals surface area contributed by atoms with Gasteiger partial charge in [0.2, 0.25) is 5.88 Å². The molecule has 2 aromatic carbocycles.